The number of carbonyl (C=O) groups excluding carboxylic acids is 2. The van der Waals surface area contributed by atoms with E-state index in [9.17, 15) is 22.8 Å². The number of hydrogen-bond acceptors (Lipinski definition) is 5. The Balaban J connectivity index is 1.63. The molecule has 0 unspecified atom stereocenters. The average Bonchev–Trinajstić information content (AvgIpc) is 3.05. The van der Waals surface area contributed by atoms with Gasteiger partial charge in [-0.25, -0.2) is 0 Å². The Morgan fingerprint density at radius 1 is 1.19 bits per heavy atom. The number of amides is 2. The van der Waals surface area contributed by atoms with E-state index >= 15 is 0 Å². The number of benzene rings is 2. The van der Waals surface area contributed by atoms with Crippen LogP contribution in [0.1, 0.15) is 24.5 Å². The van der Waals surface area contributed by atoms with Gasteiger partial charge in [-0.1, -0.05) is 47.6 Å². The van der Waals surface area contributed by atoms with Crippen molar-refractivity contribution in [3.8, 4) is 0 Å². The third kappa shape index (κ3) is 6.08. The number of nitrogens with zero attached hydrogens (tertiary/aromatic N) is 2. The van der Waals surface area contributed by atoms with Crippen LogP contribution in [0.3, 0.4) is 0 Å². The molecule has 31 heavy (non-hydrogen) atoms. The summed E-state index contributed by atoms with van der Waals surface area (Å²) in [5.74, 6) is -1.19. The van der Waals surface area contributed by atoms with Crippen molar-refractivity contribution in [1.82, 2.24) is 5.32 Å². The number of anilines is 1. The van der Waals surface area contributed by atoms with Gasteiger partial charge in [0.1, 0.15) is 5.25 Å². The van der Waals surface area contributed by atoms with Gasteiger partial charge >= 0.3 is 6.18 Å². The van der Waals surface area contributed by atoms with Crippen molar-refractivity contribution in [3.05, 3.63) is 64.7 Å². The Morgan fingerprint density at radius 3 is 2.55 bits per heavy atom. The lowest BCUT2D eigenvalue weighted by atomic mass is 10.1. The molecule has 0 radical (unpaired) electrons. The molecule has 1 fully saturated rings. The molecule has 0 bridgehead atoms. The summed E-state index contributed by atoms with van der Waals surface area (Å²) >= 11 is 6.83. The minimum atomic E-state index is -4.61. The lowest BCUT2D eigenvalue weighted by molar-refractivity contribution is -0.137. The molecular weight excluding hydrogens is 453 g/mol. The minimum absolute atomic E-state index is 0.201. The second-order valence-electron chi connectivity index (χ2n) is 6.49. The second kappa shape index (κ2) is 9.52. The predicted octanol–water partition coefficient (Wildman–Crippen LogP) is 4.70. The first-order chi connectivity index (χ1) is 14.6. The van der Waals surface area contributed by atoms with E-state index < -0.39 is 28.8 Å². The van der Waals surface area contributed by atoms with Crippen molar-refractivity contribution in [2.24, 2.45) is 10.2 Å². The molecule has 162 valence electrons. The zero-order valence-electron chi connectivity index (χ0n) is 16.0. The molecular formula is C20H16ClF3N4O2S. The average molecular weight is 469 g/mol. The quantitative estimate of drug-likeness (QED) is 0.493. The zero-order valence-corrected chi connectivity index (χ0v) is 17.6. The molecule has 1 saturated heterocycles. The number of nitrogens with one attached hydrogen (secondary N) is 2. The van der Waals surface area contributed by atoms with Crippen LogP contribution in [0.25, 0.3) is 0 Å². The molecule has 6 nitrogen and oxygen atoms in total. The standard InChI is InChI=1S/C20H16ClF3N4O2S/c1-11(12-6-8-13(21)9-7-12)27-28-19-26-18(30)16(31-19)10-17(29)25-15-5-3-2-4-14(15)20(22,23)24/h2-9,16H,10H2,1H3,(H,25,29)(H,26,28,30)/b27-11-/t16-/m0/s1. The summed E-state index contributed by atoms with van der Waals surface area (Å²) in [7, 11) is 0. The maximum absolute atomic E-state index is 13.1. The molecule has 0 spiro atoms. The third-order valence-corrected chi connectivity index (χ3v) is 5.53. The highest BCUT2D eigenvalue weighted by molar-refractivity contribution is 8.15. The van der Waals surface area contributed by atoms with Gasteiger partial charge in [0.15, 0.2) is 5.17 Å². The van der Waals surface area contributed by atoms with Crippen LogP contribution < -0.4 is 10.6 Å². The van der Waals surface area contributed by atoms with Crippen LogP contribution in [0.15, 0.2) is 58.7 Å². The molecule has 3 rings (SSSR count). The van der Waals surface area contributed by atoms with E-state index in [-0.39, 0.29) is 17.3 Å². The number of carbonyl (C=O) groups is 2. The Kier molecular flexibility index (Phi) is 7.01. The van der Waals surface area contributed by atoms with Crippen molar-refractivity contribution < 1.29 is 22.8 Å². The van der Waals surface area contributed by atoms with E-state index in [1.54, 1.807) is 31.2 Å². The number of halogens is 4. The topological polar surface area (TPSA) is 82.9 Å². The monoisotopic (exact) mass is 468 g/mol. The molecule has 2 aromatic carbocycles. The van der Waals surface area contributed by atoms with Crippen molar-refractivity contribution in [2.45, 2.75) is 24.8 Å². The molecule has 2 N–H and O–H groups in total. The van der Waals surface area contributed by atoms with Crippen LogP contribution in [-0.4, -0.2) is 27.9 Å². The van der Waals surface area contributed by atoms with Crippen LogP contribution in [0.2, 0.25) is 5.02 Å². The highest BCUT2D eigenvalue weighted by Crippen LogP contribution is 2.34. The van der Waals surface area contributed by atoms with Crippen LogP contribution in [0, 0.1) is 0 Å². The highest BCUT2D eigenvalue weighted by atomic mass is 35.5. The van der Waals surface area contributed by atoms with Gasteiger partial charge in [-0.15, -0.1) is 5.10 Å². The summed E-state index contributed by atoms with van der Waals surface area (Å²) in [5.41, 5.74) is 0.0629. The molecule has 11 heteroatoms. The van der Waals surface area contributed by atoms with Gasteiger partial charge in [0, 0.05) is 11.4 Å². The smallest absolute Gasteiger partial charge is 0.325 e. The Hall–Kier alpha value is -2.85. The van der Waals surface area contributed by atoms with Gasteiger partial charge in [-0.2, -0.15) is 18.3 Å². The van der Waals surface area contributed by atoms with Gasteiger partial charge in [0.25, 0.3) is 0 Å². The van der Waals surface area contributed by atoms with E-state index in [1.165, 1.54) is 12.1 Å². The number of thioether (sulfide) groups is 1. The largest absolute Gasteiger partial charge is 0.418 e. The van der Waals surface area contributed by atoms with Gasteiger partial charge in [0.2, 0.25) is 11.8 Å². The summed E-state index contributed by atoms with van der Waals surface area (Å²) in [5, 5.41) is 12.7. The van der Waals surface area contributed by atoms with Gasteiger partial charge in [0.05, 0.1) is 17.0 Å². The molecule has 2 aromatic rings. The summed E-state index contributed by atoms with van der Waals surface area (Å²) in [4.78, 5) is 24.3. The summed E-state index contributed by atoms with van der Waals surface area (Å²) < 4.78 is 39.2. The molecule has 0 aliphatic carbocycles. The Bertz CT molecular complexity index is 1060. The molecule has 0 aromatic heterocycles. The van der Waals surface area contributed by atoms with E-state index in [0.29, 0.717) is 10.7 Å². The lowest BCUT2D eigenvalue weighted by Crippen LogP contribution is -2.28. The first-order valence-corrected chi connectivity index (χ1v) is 10.2. The number of para-hydroxylation sites is 1. The van der Waals surface area contributed by atoms with E-state index in [0.717, 1.165) is 29.5 Å². The first-order valence-electron chi connectivity index (χ1n) is 8.95. The molecule has 1 atom stereocenters. The minimum Gasteiger partial charge on any atom is -0.325 e. The fourth-order valence-electron chi connectivity index (χ4n) is 2.66. The van der Waals surface area contributed by atoms with Crippen LogP contribution in [0.4, 0.5) is 18.9 Å². The number of hydrogen-bond donors (Lipinski definition) is 2. The van der Waals surface area contributed by atoms with Crippen LogP contribution in [0.5, 0.6) is 0 Å². The summed E-state index contributed by atoms with van der Waals surface area (Å²) in [6.07, 6.45) is -4.93. The van der Waals surface area contributed by atoms with Crippen LogP contribution >= 0.6 is 23.4 Å². The SMILES string of the molecule is C/C(=N/N=C1\NC(=O)[C@H](CC(=O)Nc2ccccc2C(F)(F)F)S1)c1ccc(Cl)cc1. The number of amidine groups is 1. The van der Waals surface area contributed by atoms with Gasteiger partial charge < -0.3 is 10.6 Å². The van der Waals surface area contributed by atoms with Gasteiger partial charge in [-0.05, 0) is 36.8 Å². The second-order valence-corrected chi connectivity index (χ2v) is 8.12. The fraction of sp³-hybridized carbons (Fsp3) is 0.200. The maximum Gasteiger partial charge on any atom is 0.418 e. The Morgan fingerprint density at radius 2 is 1.87 bits per heavy atom. The van der Waals surface area contributed by atoms with Crippen molar-refractivity contribution in [2.75, 3.05) is 5.32 Å². The number of rotatable bonds is 5. The number of alkyl halides is 3. The molecule has 1 heterocycles. The Labute approximate surface area is 185 Å². The molecule has 0 saturated carbocycles. The summed E-state index contributed by atoms with van der Waals surface area (Å²) in [6.45, 7) is 1.73. The molecule has 2 amide bonds. The van der Waals surface area contributed by atoms with E-state index in [2.05, 4.69) is 20.8 Å². The van der Waals surface area contributed by atoms with E-state index in [4.69, 9.17) is 11.6 Å². The van der Waals surface area contributed by atoms with Crippen molar-refractivity contribution in [3.63, 3.8) is 0 Å². The molecule has 1 aliphatic heterocycles. The highest BCUT2D eigenvalue weighted by Gasteiger charge is 2.35. The van der Waals surface area contributed by atoms with Crippen molar-refractivity contribution >= 4 is 51.7 Å². The molecule has 1 aliphatic rings. The van der Waals surface area contributed by atoms with Gasteiger partial charge in [-0.3, -0.25) is 9.59 Å². The summed E-state index contributed by atoms with van der Waals surface area (Å²) in [6, 6.07) is 11.6. The fourth-order valence-corrected chi connectivity index (χ4v) is 3.71. The lowest BCUT2D eigenvalue weighted by Gasteiger charge is -2.14. The normalized spacial score (nSPS) is 18.2. The van der Waals surface area contributed by atoms with Crippen LogP contribution in [-0.2, 0) is 15.8 Å². The predicted molar refractivity (Wildman–Crippen MR) is 115 cm³/mol. The van der Waals surface area contributed by atoms with Crippen molar-refractivity contribution in [1.29, 1.82) is 0 Å². The van der Waals surface area contributed by atoms with E-state index in [1.807, 2.05) is 0 Å². The first kappa shape index (κ1) is 22.8. The zero-order chi connectivity index (χ0) is 22.6. The maximum atomic E-state index is 13.1. The third-order valence-electron chi connectivity index (χ3n) is 4.21.